The molecule has 0 saturated heterocycles. The summed E-state index contributed by atoms with van der Waals surface area (Å²) in [4.78, 5) is 11.3. The van der Waals surface area contributed by atoms with E-state index in [1.165, 1.54) is 0 Å². The van der Waals surface area contributed by atoms with Crippen molar-refractivity contribution in [3.63, 3.8) is 0 Å². The average Bonchev–Trinajstić information content (AvgIpc) is 2.43. The number of aliphatic carboxylic acids is 1. The molecule has 2 aromatic rings. The topological polar surface area (TPSA) is 72.6 Å². The highest BCUT2D eigenvalue weighted by atomic mass is 35.5. The molecule has 1 aliphatic rings. The van der Waals surface area contributed by atoms with E-state index in [9.17, 15) is 9.90 Å². The van der Waals surface area contributed by atoms with Gasteiger partial charge in [-0.1, -0.05) is 36.4 Å². The third kappa shape index (κ3) is 2.24. The zero-order valence-electron chi connectivity index (χ0n) is 10.5. The summed E-state index contributed by atoms with van der Waals surface area (Å²) in [6.45, 7) is 0. The minimum absolute atomic E-state index is 0. The molecule has 0 fully saturated rings. The maximum atomic E-state index is 11.3. The van der Waals surface area contributed by atoms with Gasteiger partial charge in [0.25, 0.3) is 0 Å². The van der Waals surface area contributed by atoms with E-state index in [-0.39, 0.29) is 12.4 Å². The summed E-state index contributed by atoms with van der Waals surface area (Å²) >= 11 is 0. The molecule has 0 aliphatic carbocycles. The highest BCUT2D eigenvalue weighted by molar-refractivity contribution is 5.85. The Bertz CT molecular complexity index is 599. The molecular weight excluding hydrogens is 278 g/mol. The molecule has 0 amide bonds. The van der Waals surface area contributed by atoms with Gasteiger partial charge in [0.1, 0.15) is 17.5 Å². The van der Waals surface area contributed by atoms with Crippen molar-refractivity contribution in [2.75, 3.05) is 0 Å². The number of carboxylic acids is 1. The average molecular weight is 292 g/mol. The van der Waals surface area contributed by atoms with Crippen LogP contribution in [0.5, 0.6) is 11.5 Å². The number of nitrogens with two attached hydrogens (primary N) is 1. The second kappa shape index (κ2) is 5.53. The predicted octanol–water partition coefficient (Wildman–Crippen LogP) is 2.76. The highest BCUT2D eigenvalue weighted by Gasteiger charge is 2.34. The monoisotopic (exact) mass is 291 g/mol. The molecule has 4 nitrogen and oxygen atoms in total. The number of fused-ring (bicyclic) bond motifs is 2. The minimum atomic E-state index is -1.02. The van der Waals surface area contributed by atoms with Crippen LogP contribution in [0.4, 0.5) is 0 Å². The Balaban J connectivity index is 0.00000147. The van der Waals surface area contributed by atoms with Crippen LogP contribution < -0.4 is 10.5 Å². The van der Waals surface area contributed by atoms with E-state index >= 15 is 0 Å². The number of carbonyl (C=O) groups is 1. The summed E-state index contributed by atoms with van der Waals surface area (Å²) in [6.07, 6.45) is 0. The van der Waals surface area contributed by atoms with Crippen LogP contribution in [0.2, 0.25) is 0 Å². The van der Waals surface area contributed by atoms with E-state index < -0.39 is 17.9 Å². The van der Waals surface area contributed by atoms with Crippen molar-refractivity contribution in [3.05, 3.63) is 59.7 Å². The number of hydrogen-bond donors (Lipinski definition) is 2. The largest absolute Gasteiger partial charge is 0.480 e. The predicted molar refractivity (Wildman–Crippen MR) is 77.7 cm³/mol. The van der Waals surface area contributed by atoms with Crippen LogP contribution >= 0.6 is 12.4 Å². The van der Waals surface area contributed by atoms with Crippen molar-refractivity contribution in [2.24, 2.45) is 5.73 Å². The fraction of sp³-hybridized carbons (Fsp3) is 0.133. The Morgan fingerprint density at radius 2 is 1.50 bits per heavy atom. The summed E-state index contributed by atoms with van der Waals surface area (Å²) < 4.78 is 5.79. The van der Waals surface area contributed by atoms with Gasteiger partial charge in [0.15, 0.2) is 0 Å². The lowest BCUT2D eigenvalue weighted by Gasteiger charge is -2.30. The SMILES string of the molecule is Cl.NC(C(=O)O)C1c2ccccc2Oc2ccccc21. The Labute approximate surface area is 122 Å². The van der Waals surface area contributed by atoms with Crippen LogP contribution in [0.1, 0.15) is 17.0 Å². The molecule has 3 N–H and O–H groups in total. The van der Waals surface area contributed by atoms with Crippen LogP contribution in [-0.2, 0) is 4.79 Å². The zero-order valence-corrected chi connectivity index (χ0v) is 11.3. The molecule has 3 rings (SSSR count). The maximum absolute atomic E-state index is 11.3. The van der Waals surface area contributed by atoms with E-state index in [1.807, 2.05) is 48.5 Å². The van der Waals surface area contributed by atoms with Crippen LogP contribution in [-0.4, -0.2) is 17.1 Å². The Morgan fingerprint density at radius 3 is 1.95 bits per heavy atom. The number of rotatable bonds is 2. The highest BCUT2D eigenvalue weighted by Crippen LogP contribution is 2.44. The Kier molecular flexibility index (Phi) is 3.97. The first-order valence-corrected chi connectivity index (χ1v) is 6.02. The molecule has 20 heavy (non-hydrogen) atoms. The molecule has 0 radical (unpaired) electrons. The van der Waals surface area contributed by atoms with Crippen molar-refractivity contribution < 1.29 is 14.6 Å². The molecule has 2 aromatic carbocycles. The second-order valence-corrected chi connectivity index (χ2v) is 4.52. The molecule has 5 heteroatoms. The number of para-hydroxylation sites is 2. The molecule has 0 bridgehead atoms. The Hall–Kier alpha value is -2.04. The van der Waals surface area contributed by atoms with Crippen LogP contribution in [0.25, 0.3) is 0 Å². The lowest BCUT2D eigenvalue weighted by Crippen LogP contribution is -2.38. The van der Waals surface area contributed by atoms with E-state index in [2.05, 4.69) is 0 Å². The number of ether oxygens (including phenoxy) is 1. The van der Waals surface area contributed by atoms with Gasteiger partial charge in [-0.3, -0.25) is 4.79 Å². The van der Waals surface area contributed by atoms with Crippen molar-refractivity contribution >= 4 is 18.4 Å². The maximum Gasteiger partial charge on any atom is 0.321 e. The molecule has 104 valence electrons. The van der Waals surface area contributed by atoms with Gasteiger partial charge >= 0.3 is 5.97 Å². The molecule has 0 aromatic heterocycles. The summed E-state index contributed by atoms with van der Waals surface area (Å²) in [5.74, 6) is -0.0686. The third-order valence-corrected chi connectivity index (χ3v) is 3.37. The van der Waals surface area contributed by atoms with Gasteiger partial charge in [0.05, 0.1) is 0 Å². The smallest absolute Gasteiger partial charge is 0.321 e. The van der Waals surface area contributed by atoms with Gasteiger partial charge in [-0.05, 0) is 12.1 Å². The fourth-order valence-corrected chi connectivity index (χ4v) is 2.48. The molecule has 1 atom stereocenters. The summed E-state index contributed by atoms with van der Waals surface area (Å²) in [5, 5.41) is 9.22. The van der Waals surface area contributed by atoms with Crippen LogP contribution in [0, 0.1) is 0 Å². The molecular formula is C15H14ClNO3. The van der Waals surface area contributed by atoms with Crippen LogP contribution in [0.3, 0.4) is 0 Å². The summed E-state index contributed by atoms with van der Waals surface area (Å²) in [5.41, 5.74) is 7.50. The number of hydrogen-bond acceptors (Lipinski definition) is 3. The van der Waals surface area contributed by atoms with Gasteiger partial charge in [0.2, 0.25) is 0 Å². The molecule has 0 saturated carbocycles. The van der Waals surface area contributed by atoms with E-state index in [0.717, 1.165) is 11.1 Å². The Morgan fingerprint density at radius 1 is 1.05 bits per heavy atom. The molecule has 1 heterocycles. The van der Waals surface area contributed by atoms with Crippen LogP contribution in [0.15, 0.2) is 48.5 Å². The molecule has 0 spiro atoms. The number of carboxylic acid groups (broad SMARTS) is 1. The molecule has 1 aliphatic heterocycles. The van der Waals surface area contributed by atoms with Gasteiger partial charge < -0.3 is 15.6 Å². The first-order valence-electron chi connectivity index (χ1n) is 6.02. The normalized spacial score (nSPS) is 14.2. The first kappa shape index (κ1) is 14.4. The van der Waals surface area contributed by atoms with Gasteiger partial charge in [0, 0.05) is 17.0 Å². The third-order valence-electron chi connectivity index (χ3n) is 3.37. The minimum Gasteiger partial charge on any atom is -0.480 e. The summed E-state index contributed by atoms with van der Waals surface area (Å²) in [7, 11) is 0. The van der Waals surface area contributed by atoms with Crippen molar-refractivity contribution in [2.45, 2.75) is 12.0 Å². The number of benzene rings is 2. The lowest BCUT2D eigenvalue weighted by atomic mass is 9.83. The quantitative estimate of drug-likeness (QED) is 0.892. The summed E-state index contributed by atoms with van der Waals surface area (Å²) in [6, 6.07) is 13.8. The fourth-order valence-electron chi connectivity index (χ4n) is 2.48. The van der Waals surface area contributed by atoms with Gasteiger partial charge in [-0.2, -0.15) is 0 Å². The zero-order chi connectivity index (χ0) is 13.4. The van der Waals surface area contributed by atoms with Crippen molar-refractivity contribution in [1.29, 1.82) is 0 Å². The van der Waals surface area contributed by atoms with Crippen molar-refractivity contribution in [1.82, 2.24) is 0 Å². The first-order chi connectivity index (χ1) is 9.18. The van der Waals surface area contributed by atoms with Crippen molar-refractivity contribution in [3.8, 4) is 11.5 Å². The van der Waals surface area contributed by atoms with E-state index in [0.29, 0.717) is 11.5 Å². The van der Waals surface area contributed by atoms with E-state index in [1.54, 1.807) is 0 Å². The van der Waals surface area contributed by atoms with E-state index in [4.69, 9.17) is 10.5 Å². The van der Waals surface area contributed by atoms with Gasteiger partial charge in [-0.15, -0.1) is 12.4 Å². The lowest BCUT2D eigenvalue weighted by molar-refractivity contribution is -0.138. The van der Waals surface area contributed by atoms with Gasteiger partial charge in [-0.25, -0.2) is 0 Å². The molecule has 1 unspecified atom stereocenters. The second-order valence-electron chi connectivity index (χ2n) is 4.52. The number of halogens is 1. The standard InChI is InChI=1S/C15H13NO3.ClH/c16-14(15(17)18)13-9-5-1-3-7-11(9)19-12-8-4-2-6-10(12)13;/h1-8,13-14H,16H2,(H,17,18);1H.